The topological polar surface area (TPSA) is 81.0 Å². The minimum Gasteiger partial charge on any atom is -0.443 e. The largest absolute Gasteiger partial charge is 0.443 e. The lowest BCUT2D eigenvalue weighted by molar-refractivity contribution is 0.0544. The Bertz CT molecular complexity index is 1650. The molecule has 5 rings (SSSR count). The van der Waals surface area contributed by atoms with Crippen molar-refractivity contribution in [3.63, 3.8) is 0 Å². The van der Waals surface area contributed by atoms with Crippen LogP contribution < -0.4 is 0 Å². The van der Waals surface area contributed by atoms with Crippen LogP contribution >= 0.6 is 0 Å². The smallest absolute Gasteiger partial charge is 0.418 e. The van der Waals surface area contributed by atoms with Gasteiger partial charge < -0.3 is 4.74 Å². The Morgan fingerprint density at radius 1 is 1.03 bits per heavy atom. The van der Waals surface area contributed by atoms with E-state index in [1.807, 2.05) is 100 Å². The van der Waals surface area contributed by atoms with E-state index in [1.165, 1.54) is 8.98 Å². The SMILES string of the molecule is Cc1cccc(-c2ccccc2)c1S(=O)(=O)N1N=CCC[C@H]1Cc1ccc2c(ccn2C(=O)OC(C)(C)C)c1. The summed E-state index contributed by atoms with van der Waals surface area (Å²) in [6, 6.07) is 22.5. The highest BCUT2D eigenvalue weighted by molar-refractivity contribution is 7.89. The maximum atomic E-state index is 14.2. The zero-order valence-electron chi connectivity index (χ0n) is 22.7. The lowest BCUT2D eigenvalue weighted by Crippen LogP contribution is -2.40. The van der Waals surface area contributed by atoms with E-state index in [2.05, 4.69) is 5.10 Å². The van der Waals surface area contributed by atoms with Gasteiger partial charge in [0, 0.05) is 23.4 Å². The van der Waals surface area contributed by atoms with Crippen molar-refractivity contribution >= 4 is 33.2 Å². The van der Waals surface area contributed by atoms with E-state index >= 15 is 0 Å². The fourth-order valence-corrected chi connectivity index (χ4v) is 6.93. The zero-order chi connectivity index (χ0) is 27.8. The molecule has 1 aliphatic heterocycles. The van der Waals surface area contributed by atoms with Gasteiger partial charge in [-0.05, 0) is 81.8 Å². The predicted octanol–water partition coefficient (Wildman–Crippen LogP) is 6.78. The molecule has 3 aromatic carbocycles. The second kappa shape index (κ2) is 10.3. The normalized spacial score (nSPS) is 16.0. The van der Waals surface area contributed by atoms with Crippen LogP contribution in [0.15, 0.2) is 89.0 Å². The van der Waals surface area contributed by atoms with Crippen molar-refractivity contribution in [1.29, 1.82) is 0 Å². The molecule has 4 aromatic rings. The van der Waals surface area contributed by atoms with Gasteiger partial charge in [-0.25, -0.2) is 4.79 Å². The zero-order valence-corrected chi connectivity index (χ0v) is 23.5. The number of aromatic nitrogens is 1. The molecule has 0 amide bonds. The number of nitrogens with zero attached hydrogens (tertiary/aromatic N) is 3. The molecule has 0 N–H and O–H groups in total. The molecule has 0 spiro atoms. The maximum absolute atomic E-state index is 14.2. The summed E-state index contributed by atoms with van der Waals surface area (Å²) >= 11 is 0. The first-order valence-electron chi connectivity index (χ1n) is 13.1. The molecule has 1 aromatic heterocycles. The minimum absolute atomic E-state index is 0.283. The molecule has 1 atom stereocenters. The Balaban J connectivity index is 1.46. The van der Waals surface area contributed by atoms with E-state index < -0.39 is 21.7 Å². The Morgan fingerprint density at radius 3 is 2.54 bits per heavy atom. The molecule has 0 bridgehead atoms. The number of ether oxygens (including phenoxy) is 1. The summed E-state index contributed by atoms with van der Waals surface area (Å²) in [7, 11) is -3.94. The van der Waals surface area contributed by atoms with E-state index in [4.69, 9.17) is 4.74 Å². The first-order chi connectivity index (χ1) is 18.5. The first kappa shape index (κ1) is 26.7. The fraction of sp³-hybridized carbons (Fsp3) is 0.290. The van der Waals surface area contributed by atoms with Crippen LogP contribution in [-0.4, -0.2) is 41.3 Å². The monoisotopic (exact) mass is 543 g/mol. The van der Waals surface area contributed by atoms with Crippen molar-refractivity contribution in [3.05, 3.63) is 90.1 Å². The van der Waals surface area contributed by atoms with Gasteiger partial charge in [0.1, 0.15) is 5.60 Å². The number of hydrogen-bond donors (Lipinski definition) is 0. The van der Waals surface area contributed by atoms with Gasteiger partial charge in [0.05, 0.1) is 16.5 Å². The summed E-state index contributed by atoms with van der Waals surface area (Å²) in [6.07, 6.45) is 4.80. The molecule has 39 heavy (non-hydrogen) atoms. The van der Waals surface area contributed by atoms with Crippen molar-refractivity contribution in [2.24, 2.45) is 5.10 Å². The van der Waals surface area contributed by atoms with Crippen LogP contribution in [0.3, 0.4) is 0 Å². The molecule has 0 saturated heterocycles. The average Bonchev–Trinajstić information content (AvgIpc) is 3.32. The number of benzene rings is 3. The Hall–Kier alpha value is -3.91. The van der Waals surface area contributed by atoms with Gasteiger partial charge in [0.2, 0.25) is 0 Å². The van der Waals surface area contributed by atoms with E-state index in [-0.39, 0.29) is 10.9 Å². The van der Waals surface area contributed by atoms with Crippen molar-refractivity contribution < 1.29 is 17.9 Å². The number of sulfonamides is 1. The molecule has 0 unspecified atom stereocenters. The van der Waals surface area contributed by atoms with Gasteiger partial charge in [-0.2, -0.15) is 17.9 Å². The van der Waals surface area contributed by atoms with Crippen LogP contribution in [0.25, 0.3) is 22.0 Å². The highest BCUT2D eigenvalue weighted by Gasteiger charge is 2.35. The molecule has 0 aliphatic carbocycles. The Labute approximate surface area is 229 Å². The van der Waals surface area contributed by atoms with Gasteiger partial charge >= 0.3 is 6.09 Å². The first-order valence-corrected chi connectivity index (χ1v) is 14.5. The highest BCUT2D eigenvalue weighted by Crippen LogP contribution is 2.35. The number of hydrazone groups is 1. The van der Waals surface area contributed by atoms with Crippen LogP contribution in [0.2, 0.25) is 0 Å². The van der Waals surface area contributed by atoms with Crippen LogP contribution in [-0.2, 0) is 21.2 Å². The van der Waals surface area contributed by atoms with Crippen LogP contribution in [0.5, 0.6) is 0 Å². The number of rotatable bonds is 5. The number of carbonyl (C=O) groups excluding carboxylic acids is 1. The lowest BCUT2D eigenvalue weighted by atomic mass is 10.0. The number of carbonyl (C=O) groups is 1. The van der Waals surface area contributed by atoms with E-state index in [9.17, 15) is 13.2 Å². The van der Waals surface area contributed by atoms with Gasteiger partial charge in [-0.1, -0.05) is 54.6 Å². The van der Waals surface area contributed by atoms with Crippen LogP contribution in [0.1, 0.15) is 44.7 Å². The van der Waals surface area contributed by atoms with Crippen molar-refractivity contribution in [3.8, 4) is 11.1 Å². The molecule has 0 radical (unpaired) electrons. The van der Waals surface area contributed by atoms with Crippen LogP contribution in [0.4, 0.5) is 4.79 Å². The van der Waals surface area contributed by atoms with Crippen LogP contribution in [0, 0.1) is 6.92 Å². The van der Waals surface area contributed by atoms with Gasteiger partial charge in [0.25, 0.3) is 10.0 Å². The molecule has 8 heteroatoms. The highest BCUT2D eigenvalue weighted by atomic mass is 32.2. The number of fused-ring (bicyclic) bond motifs is 1. The van der Waals surface area contributed by atoms with Gasteiger partial charge in [0.15, 0.2) is 0 Å². The maximum Gasteiger partial charge on any atom is 0.418 e. The quantitative estimate of drug-likeness (QED) is 0.278. The molecule has 0 saturated carbocycles. The summed E-state index contributed by atoms with van der Waals surface area (Å²) < 4.78 is 36.6. The molecule has 1 aliphatic rings. The Kier molecular flexibility index (Phi) is 7.07. The van der Waals surface area contributed by atoms with Gasteiger partial charge in [-0.3, -0.25) is 4.57 Å². The van der Waals surface area contributed by atoms with E-state index in [1.54, 1.807) is 12.4 Å². The fourth-order valence-electron chi connectivity index (χ4n) is 5.04. The molecule has 2 heterocycles. The molecule has 0 fully saturated rings. The summed E-state index contributed by atoms with van der Waals surface area (Å²) in [4.78, 5) is 12.9. The van der Waals surface area contributed by atoms with E-state index in [0.717, 1.165) is 22.0 Å². The minimum atomic E-state index is -3.94. The summed E-state index contributed by atoms with van der Waals surface area (Å²) in [5.74, 6) is 0. The summed E-state index contributed by atoms with van der Waals surface area (Å²) in [6.45, 7) is 7.33. The second-order valence-electron chi connectivity index (χ2n) is 10.9. The third-order valence-electron chi connectivity index (χ3n) is 6.75. The molecule has 7 nitrogen and oxygen atoms in total. The second-order valence-corrected chi connectivity index (χ2v) is 12.6. The summed E-state index contributed by atoms with van der Waals surface area (Å²) in [5, 5.41) is 5.30. The summed E-state index contributed by atoms with van der Waals surface area (Å²) in [5.41, 5.74) is 3.31. The average molecular weight is 544 g/mol. The predicted molar refractivity (Wildman–Crippen MR) is 154 cm³/mol. The lowest BCUT2D eigenvalue weighted by Gasteiger charge is -2.32. The van der Waals surface area contributed by atoms with Gasteiger partial charge in [-0.15, -0.1) is 0 Å². The van der Waals surface area contributed by atoms with Crippen molar-refractivity contribution in [2.75, 3.05) is 0 Å². The third-order valence-corrected chi connectivity index (χ3v) is 8.70. The number of hydrogen-bond acceptors (Lipinski definition) is 5. The number of aryl methyl sites for hydroxylation is 1. The van der Waals surface area contributed by atoms with E-state index in [0.29, 0.717) is 30.4 Å². The Morgan fingerprint density at radius 2 is 1.79 bits per heavy atom. The third kappa shape index (κ3) is 5.47. The molecular formula is C31H33N3O4S. The van der Waals surface area contributed by atoms with Crippen molar-refractivity contribution in [1.82, 2.24) is 8.98 Å². The molecular weight excluding hydrogens is 510 g/mol. The van der Waals surface area contributed by atoms with Crippen molar-refractivity contribution in [2.45, 2.75) is 63.5 Å². The standard InChI is InChI=1S/C31H33N3O4S/c1-22-10-8-14-27(24-11-6-5-7-12-24)29(22)39(36,37)34-26(13-9-18-32-34)21-23-15-16-28-25(20-23)17-19-33(28)30(35)38-31(2,3)4/h5-8,10-12,14-20,26H,9,13,21H2,1-4H3/t26-/m0/s1. The molecule has 202 valence electrons.